The molecule has 31 heavy (non-hydrogen) atoms. The monoisotopic (exact) mass is 489 g/mol. The van der Waals surface area contributed by atoms with Crippen LogP contribution < -0.4 is 10.6 Å². The Morgan fingerprint density at radius 1 is 1.00 bits per heavy atom. The summed E-state index contributed by atoms with van der Waals surface area (Å²) < 4.78 is 5.84. The average Bonchev–Trinajstić information content (AvgIpc) is 3.12. The second-order valence-electron chi connectivity index (χ2n) is 6.72. The van der Waals surface area contributed by atoms with Crippen LogP contribution >= 0.6 is 47.0 Å². The second kappa shape index (κ2) is 8.85. The Balaban J connectivity index is 1.54. The molecule has 0 aliphatic heterocycles. The number of nitrogens with zero attached hydrogens (tertiary/aromatic N) is 1. The zero-order chi connectivity index (χ0) is 22.1. The summed E-state index contributed by atoms with van der Waals surface area (Å²) in [7, 11) is 0. The van der Waals surface area contributed by atoms with E-state index in [1.54, 1.807) is 24.3 Å². The van der Waals surface area contributed by atoms with E-state index in [9.17, 15) is 4.79 Å². The summed E-state index contributed by atoms with van der Waals surface area (Å²) in [5, 5.41) is 6.62. The number of benzene rings is 3. The van der Waals surface area contributed by atoms with Crippen LogP contribution in [0.15, 0.2) is 59.0 Å². The normalized spacial score (nSPS) is 10.8. The first-order chi connectivity index (χ1) is 14.8. The molecule has 0 aliphatic rings. The number of rotatable bonds is 3. The minimum Gasteiger partial charge on any atom is -0.436 e. The van der Waals surface area contributed by atoms with Crippen molar-refractivity contribution in [1.29, 1.82) is 0 Å². The highest BCUT2D eigenvalue weighted by Crippen LogP contribution is 2.30. The molecule has 4 aromatic rings. The van der Waals surface area contributed by atoms with E-state index in [2.05, 4.69) is 15.6 Å². The van der Waals surface area contributed by atoms with Gasteiger partial charge in [0.2, 0.25) is 5.89 Å². The molecule has 0 unspecified atom stereocenters. The smallest absolute Gasteiger partial charge is 0.258 e. The maximum atomic E-state index is 12.5. The third kappa shape index (κ3) is 4.83. The first-order valence-corrected chi connectivity index (χ1v) is 10.6. The Bertz CT molecular complexity index is 1340. The number of carbonyl (C=O) groups excluding carboxylic acids is 1. The average molecular weight is 491 g/mol. The lowest BCUT2D eigenvalue weighted by Crippen LogP contribution is -2.34. The van der Waals surface area contributed by atoms with Crippen molar-refractivity contribution in [2.24, 2.45) is 0 Å². The van der Waals surface area contributed by atoms with E-state index in [0.29, 0.717) is 32.8 Å². The fourth-order valence-corrected chi connectivity index (χ4v) is 3.77. The van der Waals surface area contributed by atoms with Gasteiger partial charge in [0.05, 0.1) is 21.3 Å². The molecular weight excluding hydrogens is 477 g/mol. The number of fused-ring (bicyclic) bond motifs is 1. The molecule has 9 heteroatoms. The number of carbonyl (C=O) groups is 1. The third-order valence-electron chi connectivity index (χ3n) is 4.41. The first kappa shape index (κ1) is 21.6. The molecule has 4 rings (SSSR count). The van der Waals surface area contributed by atoms with Gasteiger partial charge in [-0.1, -0.05) is 40.9 Å². The number of aromatic nitrogens is 1. The van der Waals surface area contributed by atoms with Gasteiger partial charge in [0.25, 0.3) is 5.91 Å². The van der Waals surface area contributed by atoms with E-state index in [-0.39, 0.29) is 15.7 Å². The van der Waals surface area contributed by atoms with Crippen LogP contribution in [0.25, 0.3) is 22.6 Å². The van der Waals surface area contributed by atoms with Gasteiger partial charge in [0.1, 0.15) is 5.52 Å². The molecule has 2 N–H and O–H groups in total. The van der Waals surface area contributed by atoms with Crippen molar-refractivity contribution >= 4 is 74.8 Å². The number of nitrogens with one attached hydrogen (secondary N) is 2. The summed E-state index contributed by atoms with van der Waals surface area (Å²) >= 11 is 23.5. The number of thiocarbonyl (C=S) groups is 1. The number of hydrogen-bond acceptors (Lipinski definition) is 4. The van der Waals surface area contributed by atoms with Crippen LogP contribution in [0.1, 0.15) is 15.9 Å². The Labute approximate surface area is 198 Å². The van der Waals surface area contributed by atoms with Gasteiger partial charge in [0, 0.05) is 10.6 Å². The van der Waals surface area contributed by atoms with Crippen molar-refractivity contribution in [3.8, 4) is 11.5 Å². The Kier molecular flexibility index (Phi) is 6.16. The van der Waals surface area contributed by atoms with E-state index in [1.807, 2.05) is 25.1 Å². The van der Waals surface area contributed by atoms with Crippen LogP contribution in [-0.4, -0.2) is 16.0 Å². The first-order valence-electron chi connectivity index (χ1n) is 9.04. The van der Waals surface area contributed by atoms with E-state index >= 15 is 0 Å². The maximum absolute atomic E-state index is 12.5. The molecule has 156 valence electrons. The Morgan fingerprint density at radius 2 is 1.81 bits per heavy atom. The fourth-order valence-electron chi connectivity index (χ4n) is 2.91. The van der Waals surface area contributed by atoms with Crippen molar-refractivity contribution in [2.45, 2.75) is 6.92 Å². The van der Waals surface area contributed by atoms with E-state index < -0.39 is 5.91 Å². The molecule has 5 nitrogen and oxygen atoms in total. The topological polar surface area (TPSA) is 67.2 Å². The van der Waals surface area contributed by atoms with Gasteiger partial charge in [-0.25, -0.2) is 4.98 Å². The summed E-state index contributed by atoms with van der Waals surface area (Å²) in [4.78, 5) is 17.0. The number of aryl methyl sites for hydroxylation is 1. The zero-order valence-corrected chi connectivity index (χ0v) is 19.1. The molecule has 0 saturated carbocycles. The molecule has 1 aromatic heterocycles. The van der Waals surface area contributed by atoms with Crippen LogP contribution in [0.4, 0.5) is 5.69 Å². The minimum absolute atomic E-state index is 0.0586. The van der Waals surface area contributed by atoms with Crippen molar-refractivity contribution in [1.82, 2.24) is 10.3 Å². The predicted octanol–water partition coefficient (Wildman–Crippen LogP) is 6.89. The molecule has 0 spiro atoms. The molecule has 0 saturated heterocycles. The number of oxazole rings is 1. The molecule has 1 heterocycles. The molecule has 0 bridgehead atoms. The lowest BCUT2D eigenvalue weighted by molar-refractivity contribution is 0.0978. The molecular formula is C22H14Cl3N3O2S. The second-order valence-corrected chi connectivity index (χ2v) is 8.38. The van der Waals surface area contributed by atoms with Gasteiger partial charge in [-0.2, -0.15) is 0 Å². The molecule has 1 amide bonds. The predicted molar refractivity (Wildman–Crippen MR) is 129 cm³/mol. The van der Waals surface area contributed by atoms with E-state index in [4.69, 9.17) is 51.4 Å². The van der Waals surface area contributed by atoms with Gasteiger partial charge in [-0.05, 0) is 73.2 Å². The molecule has 0 aliphatic carbocycles. The van der Waals surface area contributed by atoms with Gasteiger partial charge in [0.15, 0.2) is 10.7 Å². The van der Waals surface area contributed by atoms with Crippen molar-refractivity contribution in [3.05, 3.63) is 80.8 Å². The lowest BCUT2D eigenvalue weighted by atomic mass is 10.2. The summed E-state index contributed by atoms with van der Waals surface area (Å²) in [6.45, 7) is 1.99. The minimum atomic E-state index is -0.472. The third-order valence-corrected chi connectivity index (χ3v) is 5.49. The van der Waals surface area contributed by atoms with Crippen LogP contribution in [0.5, 0.6) is 0 Å². The number of anilines is 1. The molecule has 0 radical (unpaired) electrons. The Morgan fingerprint density at radius 3 is 2.58 bits per heavy atom. The van der Waals surface area contributed by atoms with Gasteiger partial charge >= 0.3 is 0 Å². The van der Waals surface area contributed by atoms with E-state index in [0.717, 1.165) is 11.1 Å². The molecule has 0 atom stereocenters. The summed E-state index contributed by atoms with van der Waals surface area (Å²) in [6, 6.07) is 15.6. The largest absolute Gasteiger partial charge is 0.436 e. The maximum Gasteiger partial charge on any atom is 0.258 e. The summed E-state index contributed by atoms with van der Waals surface area (Å²) in [5.74, 6) is -0.0241. The van der Waals surface area contributed by atoms with Crippen molar-refractivity contribution in [3.63, 3.8) is 0 Å². The Hall–Kier alpha value is -2.64. The van der Waals surface area contributed by atoms with E-state index in [1.165, 1.54) is 12.1 Å². The highest BCUT2D eigenvalue weighted by Gasteiger charge is 2.15. The summed E-state index contributed by atoms with van der Waals surface area (Å²) in [6.07, 6.45) is 0. The van der Waals surface area contributed by atoms with Crippen LogP contribution in [0.3, 0.4) is 0 Å². The standard InChI is InChI=1S/C22H14Cl3N3O2S/c1-11-2-7-19-18(8-11)26-21(30-19)12-3-6-15(24)17(9-12)27-22(31)28-20(29)14-5-4-13(23)10-16(14)25/h2-10H,1H3,(H2,27,28,29,31). The number of halogens is 3. The quantitative estimate of drug-likeness (QED) is 0.306. The fraction of sp³-hybridized carbons (Fsp3) is 0.0455. The van der Waals surface area contributed by atoms with Crippen LogP contribution in [0, 0.1) is 6.92 Å². The number of hydrogen-bond donors (Lipinski definition) is 2. The highest BCUT2D eigenvalue weighted by atomic mass is 35.5. The lowest BCUT2D eigenvalue weighted by Gasteiger charge is -2.12. The van der Waals surface area contributed by atoms with Crippen molar-refractivity contribution in [2.75, 3.05) is 5.32 Å². The van der Waals surface area contributed by atoms with Gasteiger partial charge in [-0.15, -0.1) is 0 Å². The summed E-state index contributed by atoms with van der Waals surface area (Å²) in [5.41, 5.74) is 3.99. The number of amides is 1. The molecule has 3 aromatic carbocycles. The highest BCUT2D eigenvalue weighted by molar-refractivity contribution is 7.80. The SMILES string of the molecule is Cc1ccc2oc(-c3ccc(Cl)c(NC(=S)NC(=O)c4ccc(Cl)cc4Cl)c3)nc2c1. The van der Waals surface area contributed by atoms with Gasteiger partial charge in [-0.3, -0.25) is 10.1 Å². The van der Waals surface area contributed by atoms with Crippen LogP contribution in [0.2, 0.25) is 15.1 Å². The zero-order valence-electron chi connectivity index (χ0n) is 16.0. The van der Waals surface area contributed by atoms with Crippen LogP contribution in [-0.2, 0) is 0 Å². The van der Waals surface area contributed by atoms with Crippen molar-refractivity contribution < 1.29 is 9.21 Å². The molecule has 0 fully saturated rings. The van der Waals surface area contributed by atoms with Gasteiger partial charge < -0.3 is 9.73 Å².